The van der Waals surface area contributed by atoms with E-state index in [0.29, 0.717) is 5.69 Å². The van der Waals surface area contributed by atoms with E-state index >= 15 is 0 Å². The van der Waals surface area contributed by atoms with E-state index in [-0.39, 0.29) is 35.9 Å². The highest BCUT2D eigenvalue weighted by Gasteiger charge is 2.26. The summed E-state index contributed by atoms with van der Waals surface area (Å²) in [6.45, 7) is -1.13. The maximum atomic E-state index is 12.5. The van der Waals surface area contributed by atoms with Crippen molar-refractivity contribution in [2.24, 2.45) is 5.10 Å². The number of nitrogens with zero attached hydrogens (tertiary/aromatic N) is 2. The lowest BCUT2D eigenvalue weighted by Gasteiger charge is -2.23. The molecule has 0 saturated carbocycles. The second-order valence-electron chi connectivity index (χ2n) is 5.92. The van der Waals surface area contributed by atoms with Gasteiger partial charge in [-0.05, 0) is 36.8 Å². The lowest BCUT2D eigenvalue weighted by Crippen LogP contribution is -2.36. The van der Waals surface area contributed by atoms with Crippen LogP contribution in [0.25, 0.3) is 0 Å². The number of carbonyl (C=O) groups excluding carboxylic acids is 2. The summed E-state index contributed by atoms with van der Waals surface area (Å²) in [5, 5.41) is 7.87. The quantitative estimate of drug-likeness (QED) is 0.868. The zero-order valence-electron chi connectivity index (χ0n) is 14.5. The number of amides is 2. The summed E-state index contributed by atoms with van der Waals surface area (Å²) in [5.74, 6) is -0.951. The van der Waals surface area contributed by atoms with Crippen molar-refractivity contribution in [3.63, 3.8) is 0 Å². The van der Waals surface area contributed by atoms with Gasteiger partial charge < -0.3 is 10.1 Å². The normalized spacial score (nSPS) is 14.1. The van der Waals surface area contributed by atoms with Gasteiger partial charge in [-0.25, -0.2) is 5.01 Å². The van der Waals surface area contributed by atoms with Gasteiger partial charge in [-0.15, -0.1) is 0 Å². The molecule has 8 heteroatoms. The molecule has 2 aromatic rings. The molecular formula is C19H17F2N3O3. The number of anilines is 2. The third kappa shape index (κ3) is 4.46. The van der Waals surface area contributed by atoms with Crippen LogP contribution in [-0.2, 0) is 9.59 Å². The van der Waals surface area contributed by atoms with Crippen LogP contribution in [0.1, 0.15) is 18.4 Å². The number of aryl methyl sites for hydroxylation is 1. The zero-order valence-corrected chi connectivity index (χ0v) is 14.5. The first-order valence-electron chi connectivity index (χ1n) is 8.26. The monoisotopic (exact) mass is 373 g/mol. The highest BCUT2D eigenvalue weighted by atomic mass is 19.3. The molecule has 1 aliphatic heterocycles. The second kappa shape index (κ2) is 7.94. The molecule has 140 valence electrons. The van der Waals surface area contributed by atoms with E-state index in [1.165, 1.54) is 23.2 Å². The standard InChI is InChI=1S/C19H17F2N3O3/c1-12-5-4-6-13(11-12)24-17(25)10-9-15(23-24)18(26)22-14-7-2-3-8-16(14)27-19(20)21/h2-8,11,19H,9-10H2,1H3,(H,22,26). The van der Waals surface area contributed by atoms with E-state index in [4.69, 9.17) is 0 Å². The maximum Gasteiger partial charge on any atom is 0.387 e. The second-order valence-corrected chi connectivity index (χ2v) is 5.92. The van der Waals surface area contributed by atoms with Gasteiger partial charge >= 0.3 is 6.61 Å². The van der Waals surface area contributed by atoms with Crippen molar-refractivity contribution in [1.29, 1.82) is 0 Å². The van der Waals surface area contributed by atoms with Crippen molar-refractivity contribution in [1.82, 2.24) is 0 Å². The topological polar surface area (TPSA) is 71.0 Å². The van der Waals surface area contributed by atoms with Crippen LogP contribution >= 0.6 is 0 Å². The Morgan fingerprint density at radius 3 is 2.70 bits per heavy atom. The van der Waals surface area contributed by atoms with Gasteiger partial charge in [-0.3, -0.25) is 9.59 Å². The Balaban J connectivity index is 1.82. The molecule has 0 radical (unpaired) electrons. The highest BCUT2D eigenvalue weighted by Crippen LogP contribution is 2.26. The molecule has 0 atom stereocenters. The van der Waals surface area contributed by atoms with Crippen molar-refractivity contribution in [2.45, 2.75) is 26.4 Å². The number of nitrogens with one attached hydrogen (secondary N) is 1. The summed E-state index contributed by atoms with van der Waals surface area (Å²) in [4.78, 5) is 24.7. The van der Waals surface area contributed by atoms with Gasteiger partial charge in [-0.1, -0.05) is 24.3 Å². The number of para-hydroxylation sites is 2. The number of halogens is 2. The minimum Gasteiger partial charge on any atom is -0.433 e. The zero-order chi connectivity index (χ0) is 19.4. The molecule has 0 aliphatic carbocycles. The average molecular weight is 373 g/mol. The van der Waals surface area contributed by atoms with Crippen molar-refractivity contribution >= 4 is 28.9 Å². The third-order valence-electron chi connectivity index (χ3n) is 3.89. The smallest absolute Gasteiger partial charge is 0.387 e. The van der Waals surface area contributed by atoms with E-state index in [9.17, 15) is 18.4 Å². The van der Waals surface area contributed by atoms with Crippen LogP contribution in [-0.4, -0.2) is 24.1 Å². The minimum absolute atomic E-state index is 0.101. The first-order valence-corrected chi connectivity index (χ1v) is 8.26. The maximum absolute atomic E-state index is 12.5. The molecule has 2 aromatic carbocycles. The molecule has 0 spiro atoms. The minimum atomic E-state index is -3.01. The van der Waals surface area contributed by atoms with Gasteiger partial charge in [0.25, 0.3) is 5.91 Å². The first-order chi connectivity index (χ1) is 12.9. The summed E-state index contributed by atoms with van der Waals surface area (Å²) in [7, 11) is 0. The number of rotatable bonds is 5. The lowest BCUT2D eigenvalue weighted by molar-refractivity contribution is -0.118. The van der Waals surface area contributed by atoms with E-state index in [2.05, 4.69) is 15.2 Å². The largest absolute Gasteiger partial charge is 0.433 e. The molecule has 27 heavy (non-hydrogen) atoms. The molecule has 0 fully saturated rings. The molecule has 0 saturated heterocycles. The number of hydrogen-bond donors (Lipinski definition) is 1. The fourth-order valence-corrected chi connectivity index (χ4v) is 2.64. The summed E-state index contributed by atoms with van der Waals surface area (Å²) >= 11 is 0. The number of hydrogen-bond acceptors (Lipinski definition) is 4. The van der Waals surface area contributed by atoms with Crippen molar-refractivity contribution in [3.8, 4) is 5.75 Å². The molecule has 0 bridgehead atoms. The summed E-state index contributed by atoms with van der Waals surface area (Å²) in [6, 6.07) is 13.1. The summed E-state index contributed by atoms with van der Waals surface area (Å²) in [6.07, 6.45) is 0.278. The van der Waals surface area contributed by atoms with Gasteiger partial charge in [0, 0.05) is 12.8 Å². The lowest BCUT2D eigenvalue weighted by atomic mass is 10.1. The van der Waals surface area contributed by atoms with Crippen molar-refractivity contribution < 1.29 is 23.1 Å². The number of alkyl halides is 2. The summed E-state index contributed by atoms with van der Waals surface area (Å²) < 4.78 is 29.4. The van der Waals surface area contributed by atoms with Crippen molar-refractivity contribution in [2.75, 3.05) is 10.3 Å². The number of carbonyl (C=O) groups is 2. The van der Waals surface area contributed by atoms with Crippen LogP contribution in [0, 0.1) is 6.92 Å². The van der Waals surface area contributed by atoms with E-state index in [1.807, 2.05) is 13.0 Å². The molecule has 2 amide bonds. The molecule has 6 nitrogen and oxygen atoms in total. The predicted octanol–water partition coefficient (Wildman–Crippen LogP) is 3.72. The molecule has 3 rings (SSSR count). The van der Waals surface area contributed by atoms with E-state index in [0.717, 1.165) is 5.56 Å². The van der Waals surface area contributed by atoms with Crippen LogP contribution in [0.2, 0.25) is 0 Å². The molecule has 0 aromatic heterocycles. The molecule has 1 heterocycles. The van der Waals surface area contributed by atoms with Gasteiger partial charge in [0.2, 0.25) is 5.91 Å². The van der Waals surface area contributed by atoms with Crippen LogP contribution in [0.4, 0.5) is 20.2 Å². The molecule has 1 N–H and O–H groups in total. The Hall–Kier alpha value is -3.29. The number of benzene rings is 2. The number of hydrazone groups is 1. The molecular weight excluding hydrogens is 356 g/mol. The Morgan fingerprint density at radius 2 is 1.96 bits per heavy atom. The van der Waals surface area contributed by atoms with Crippen LogP contribution in [0.5, 0.6) is 5.75 Å². The van der Waals surface area contributed by atoms with Crippen LogP contribution in [0.15, 0.2) is 53.6 Å². The third-order valence-corrected chi connectivity index (χ3v) is 3.89. The average Bonchev–Trinajstić information content (AvgIpc) is 2.63. The Kier molecular flexibility index (Phi) is 5.44. The van der Waals surface area contributed by atoms with Gasteiger partial charge in [0.05, 0.1) is 11.4 Å². The van der Waals surface area contributed by atoms with Gasteiger partial charge in [0.1, 0.15) is 11.5 Å². The van der Waals surface area contributed by atoms with Gasteiger partial charge in [-0.2, -0.15) is 13.9 Å². The predicted molar refractivity (Wildman–Crippen MR) is 97.0 cm³/mol. The van der Waals surface area contributed by atoms with Crippen molar-refractivity contribution in [3.05, 3.63) is 54.1 Å². The Morgan fingerprint density at radius 1 is 1.19 bits per heavy atom. The van der Waals surface area contributed by atoms with E-state index < -0.39 is 12.5 Å². The van der Waals surface area contributed by atoms with Gasteiger partial charge in [0.15, 0.2) is 0 Å². The molecule has 0 unspecified atom stereocenters. The summed E-state index contributed by atoms with van der Waals surface area (Å²) in [5.41, 5.74) is 1.74. The molecule has 1 aliphatic rings. The van der Waals surface area contributed by atoms with Crippen LogP contribution < -0.4 is 15.1 Å². The van der Waals surface area contributed by atoms with E-state index in [1.54, 1.807) is 24.3 Å². The SMILES string of the molecule is Cc1cccc(N2N=C(C(=O)Nc3ccccc3OC(F)F)CCC2=O)c1. The first kappa shape index (κ1) is 18.5. The Labute approximate surface area is 154 Å². The highest BCUT2D eigenvalue weighted by molar-refractivity contribution is 6.44. The Bertz CT molecular complexity index is 899. The van der Waals surface area contributed by atoms with Crippen LogP contribution in [0.3, 0.4) is 0 Å². The fraction of sp³-hybridized carbons (Fsp3) is 0.211. The fourth-order valence-electron chi connectivity index (χ4n) is 2.64. The number of ether oxygens (including phenoxy) is 1.